The van der Waals surface area contributed by atoms with Crippen LogP contribution in [0.2, 0.25) is 0 Å². The number of fused-ring (bicyclic) bond motifs is 1. The first-order valence-electron chi connectivity index (χ1n) is 8.37. The molecule has 1 aliphatic rings. The molecule has 1 amide bonds. The zero-order chi connectivity index (χ0) is 18.7. The number of sulfone groups is 1. The summed E-state index contributed by atoms with van der Waals surface area (Å²) in [5, 5.41) is 2.56. The first-order valence-corrected chi connectivity index (χ1v) is 10.0. The Labute approximate surface area is 152 Å². The Hall–Kier alpha value is -2.41. The lowest BCUT2D eigenvalue weighted by atomic mass is 10.1. The molecule has 0 spiro atoms. The fourth-order valence-corrected chi connectivity index (χ4v) is 4.35. The van der Waals surface area contributed by atoms with Crippen LogP contribution in [0.25, 0.3) is 0 Å². The van der Waals surface area contributed by atoms with E-state index >= 15 is 0 Å². The third-order valence-corrected chi connectivity index (χ3v) is 6.18. The van der Waals surface area contributed by atoms with E-state index in [0.717, 1.165) is 30.9 Å². The molecule has 26 heavy (non-hydrogen) atoms. The van der Waals surface area contributed by atoms with Crippen molar-refractivity contribution in [1.29, 1.82) is 0 Å². The number of anilines is 1. The Morgan fingerprint density at radius 2 is 1.92 bits per heavy atom. The standard InChI is InChI=1S/C19H20FNO4S/c1-25-18-12-15(20)6-8-17(18)21-19(22)9-10-26(23,24)16-7-5-13-3-2-4-14(13)11-16/h5-8,11-12H,2-4,9-10H2,1H3,(H,21,22). The number of benzene rings is 2. The van der Waals surface area contributed by atoms with Gasteiger partial charge in [-0.05, 0) is 54.7 Å². The first kappa shape index (κ1) is 18.4. The molecule has 0 saturated heterocycles. The van der Waals surface area contributed by atoms with Crippen molar-refractivity contribution in [2.75, 3.05) is 18.2 Å². The van der Waals surface area contributed by atoms with Crippen molar-refractivity contribution in [1.82, 2.24) is 0 Å². The maximum absolute atomic E-state index is 13.2. The first-order chi connectivity index (χ1) is 12.4. The average Bonchev–Trinajstić information content (AvgIpc) is 3.09. The molecule has 2 aromatic carbocycles. The van der Waals surface area contributed by atoms with E-state index in [1.54, 1.807) is 12.1 Å². The number of ether oxygens (including phenoxy) is 1. The van der Waals surface area contributed by atoms with Crippen LogP contribution in [0, 0.1) is 5.82 Å². The zero-order valence-corrected chi connectivity index (χ0v) is 15.2. The second kappa shape index (κ2) is 7.45. The molecule has 5 nitrogen and oxygen atoms in total. The maximum atomic E-state index is 13.2. The lowest BCUT2D eigenvalue weighted by molar-refractivity contribution is -0.115. The normalized spacial score (nSPS) is 13.3. The van der Waals surface area contributed by atoms with E-state index in [1.165, 1.54) is 24.8 Å². The summed E-state index contributed by atoms with van der Waals surface area (Å²) in [5.41, 5.74) is 2.57. The van der Waals surface area contributed by atoms with Crippen LogP contribution in [0.3, 0.4) is 0 Å². The van der Waals surface area contributed by atoms with E-state index in [-0.39, 0.29) is 22.8 Å². The Morgan fingerprint density at radius 3 is 2.69 bits per heavy atom. The highest BCUT2D eigenvalue weighted by atomic mass is 32.2. The van der Waals surface area contributed by atoms with Gasteiger partial charge in [0, 0.05) is 12.5 Å². The Morgan fingerprint density at radius 1 is 1.15 bits per heavy atom. The summed E-state index contributed by atoms with van der Waals surface area (Å²) in [6.45, 7) is 0. The fraction of sp³-hybridized carbons (Fsp3) is 0.316. The highest BCUT2D eigenvalue weighted by molar-refractivity contribution is 7.91. The lowest BCUT2D eigenvalue weighted by Gasteiger charge is -2.11. The minimum Gasteiger partial charge on any atom is -0.494 e. The van der Waals surface area contributed by atoms with Crippen molar-refractivity contribution in [2.24, 2.45) is 0 Å². The molecule has 0 atom stereocenters. The minimum atomic E-state index is -3.54. The zero-order valence-electron chi connectivity index (χ0n) is 14.4. The number of halogens is 1. The molecule has 138 valence electrons. The van der Waals surface area contributed by atoms with Crippen LogP contribution in [0.1, 0.15) is 24.0 Å². The molecule has 2 aromatic rings. The van der Waals surface area contributed by atoms with Gasteiger partial charge < -0.3 is 10.1 Å². The molecule has 1 aliphatic carbocycles. The van der Waals surface area contributed by atoms with Gasteiger partial charge in [0.1, 0.15) is 11.6 Å². The molecule has 3 rings (SSSR count). The smallest absolute Gasteiger partial charge is 0.225 e. The SMILES string of the molecule is COc1cc(F)ccc1NC(=O)CCS(=O)(=O)c1ccc2c(c1)CCC2. The topological polar surface area (TPSA) is 72.5 Å². The van der Waals surface area contributed by atoms with E-state index in [2.05, 4.69) is 5.32 Å². The largest absolute Gasteiger partial charge is 0.494 e. The molecule has 0 bridgehead atoms. The number of amides is 1. The molecular formula is C19H20FNO4S. The third-order valence-electron chi connectivity index (χ3n) is 4.46. The molecule has 0 fully saturated rings. The van der Waals surface area contributed by atoms with Crippen molar-refractivity contribution in [3.05, 3.63) is 53.3 Å². The summed E-state index contributed by atoms with van der Waals surface area (Å²) in [7, 11) is -2.18. The van der Waals surface area contributed by atoms with Crippen molar-refractivity contribution in [3.8, 4) is 5.75 Å². The van der Waals surface area contributed by atoms with Gasteiger partial charge in [0.15, 0.2) is 9.84 Å². The third kappa shape index (κ3) is 4.04. The highest BCUT2D eigenvalue weighted by Gasteiger charge is 2.20. The fourth-order valence-electron chi connectivity index (χ4n) is 3.07. The van der Waals surface area contributed by atoms with Gasteiger partial charge in [0.25, 0.3) is 0 Å². The quantitative estimate of drug-likeness (QED) is 0.840. The van der Waals surface area contributed by atoms with Crippen molar-refractivity contribution < 1.29 is 22.3 Å². The Balaban J connectivity index is 1.65. The second-order valence-corrected chi connectivity index (χ2v) is 8.35. The van der Waals surface area contributed by atoms with Crippen molar-refractivity contribution >= 4 is 21.4 Å². The molecule has 7 heteroatoms. The van der Waals surface area contributed by atoms with Crippen LogP contribution in [0.5, 0.6) is 5.75 Å². The number of hydrogen-bond donors (Lipinski definition) is 1. The summed E-state index contributed by atoms with van der Waals surface area (Å²) in [5.74, 6) is -1.07. The van der Waals surface area contributed by atoms with Crippen LogP contribution < -0.4 is 10.1 Å². The predicted molar refractivity (Wildman–Crippen MR) is 96.7 cm³/mol. The molecule has 0 aliphatic heterocycles. The summed E-state index contributed by atoms with van der Waals surface area (Å²) < 4.78 is 43.2. The van der Waals surface area contributed by atoms with E-state index < -0.39 is 21.6 Å². The van der Waals surface area contributed by atoms with Gasteiger partial charge in [-0.1, -0.05) is 6.07 Å². The summed E-state index contributed by atoms with van der Waals surface area (Å²) in [6.07, 6.45) is 2.72. The number of aryl methyl sites for hydroxylation is 2. The predicted octanol–water partition coefficient (Wildman–Crippen LogP) is 3.13. The van der Waals surface area contributed by atoms with Crippen molar-refractivity contribution in [3.63, 3.8) is 0 Å². The van der Waals surface area contributed by atoms with Crippen LogP contribution in [0.15, 0.2) is 41.3 Å². The van der Waals surface area contributed by atoms with Gasteiger partial charge in [-0.15, -0.1) is 0 Å². The van der Waals surface area contributed by atoms with Gasteiger partial charge in [-0.25, -0.2) is 12.8 Å². The van der Waals surface area contributed by atoms with Crippen LogP contribution >= 0.6 is 0 Å². The highest BCUT2D eigenvalue weighted by Crippen LogP contribution is 2.26. The average molecular weight is 377 g/mol. The maximum Gasteiger partial charge on any atom is 0.225 e. The Bertz CT molecular complexity index is 941. The lowest BCUT2D eigenvalue weighted by Crippen LogP contribution is -2.18. The molecule has 0 unspecified atom stereocenters. The van der Waals surface area contributed by atoms with Crippen LogP contribution in [0.4, 0.5) is 10.1 Å². The Kier molecular flexibility index (Phi) is 5.27. The number of rotatable bonds is 6. The number of carbonyl (C=O) groups excluding carboxylic acids is 1. The van der Waals surface area contributed by atoms with Gasteiger partial charge in [0.2, 0.25) is 5.91 Å². The van der Waals surface area contributed by atoms with Gasteiger partial charge in [-0.3, -0.25) is 4.79 Å². The van der Waals surface area contributed by atoms with Gasteiger partial charge in [-0.2, -0.15) is 0 Å². The number of nitrogens with one attached hydrogen (secondary N) is 1. The summed E-state index contributed by atoms with van der Waals surface area (Å²) in [4.78, 5) is 12.4. The summed E-state index contributed by atoms with van der Waals surface area (Å²) in [6, 6.07) is 8.91. The minimum absolute atomic E-state index is 0.180. The monoisotopic (exact) mass is 377 g/mol. The second-order valence-electron chi connectivity index (χ2n) is 6.25. The van der Waals surface area contributed by atoms with Gasteiger partial charge in [0.05, 0.1) is 23.4 Å². The molecule has 0 radical (unpaired) electrons. The van der Waals surface area contributed by atoms with E-state index in [0.29, 0.717) is 5.69 Å². The number of methoxy groups -OCH3 is 1. The van der Waals surface area contributed by atoms with Crippen molar-refractivity contribution in [2.45, 2.75) is 30.6 Å². The molecular weight excluding hydrogens is 357 g/mol. The van der Waals surface area contributed by atoms with Crippen LogP contribution in [-0.2, 0) is 27.5 Å². The summed E-state index contributed by atoms with van der Waals surface area (Å²) >= 11 is 0. The number of carbonyl (C=O) groups is 1. The molecule has 0 saturated carbocycles. The number of hydrogen-bond acceptors (Lipinski definition) is 4. The van der Waals surface area contributed by atoms with Gasteiger partial charge >= 0.3 is 0 Å². The van der Waals surface area contributed by atoms with Crippen LogP contribution in [-0.4, -0.2) is 27.2 Å². The van der Waals surface area contributed by atoms with E-state index in [4.69, 9.17) is 4.74 Å². The van der Waals surface area contributed by atoms with E-state index in [1.807, 2.05) is 6.07 Å². The molecule has 0 aromatic heterocycles. The molecule has 1 N–H and O–H groups in total. The molecule has 0 heterocycles. The van der Waals surface area contributed by atoms with E-state index in [9.17, 15) is 17.6 Å².